The number of nitrogens with one attached hydrogen (secondary N) is 1. The summed E-state index contributed by atoms with van der Waals surface area (Å²) in [6.07, 6.45) is 0. The SMILES string of the molecule is COc1cccc(C(=O)Nc2ccccc2OC(F)F)c1. The maximum absolute atomic E-state index is 12.3. The fraction of sp³-hybridized carbons (Fsp3) is 0.133. The van der Waals surface area contributed by atoms with Gasteiger partial charge in [-0.2, -0.15) is 8.78 Å². The average Bonchev–Trinajstić information content (AvgIpc) is 2.48. The largest absolute Gasteiger partial charge is 0.497 e. The van der Waals surface area contributed by atoms with Gasteiger partial charge in [0.15, 0.2) is 0 Å². The summed E-state index contributed by atoms with van der Waals surface area (Å²) in [5, 5.41) is 2.53. The van der Waals surface area contributed by atoms with Crippen LogP contribution >= 0.6 is 0 Å². The normalized spacial score (nSPS) is 10.3. The lowest BCUT2D eigenvalue weighted by Gasteiger charge is -2.12. The number of rotatable bonds is 5. The number of carbonyl (C=O) groups is 1. The summed E-state index contributed by atoms with van der Waals surface area (Å²) in [5.41, 5.74) is 0.520. The van der Waals surface area contributed by atoms with Gasteiger partial charge >= 0.3 is 6.61 Å². The van der Waals surface area contributed by atoms with Gasteiger partial charge in [0.05, 0.1) is 12.8 Å². The molecule has 0 atom stereocenters. The third kappa shape index (κ3) is 3.92. The van der Waals surface area contributed by atoms with Gasteiger partial charge in [-0.05, 0) is 30.3 Å². The number of benzene rings is 2. The lowest BCUT2D eigenvalue weighted by Crippen LogP contribution is -2.13. The molecule has 0 spiro atoms. The van der Waals surface area contributed by atoms with Crippen LogP contribution in [0, 0.1) is 0 Å². The van der Waals surface area contributed by atoms with Gasteiger partial charge in [0.1, 0.15) is 11.5 Å². The molecular formula is C15H13F2NO3. The predicted octanol–water partition coefficient (Wildman–Crippen LogP) is 3.55. The van der Waals surface area contributed by atoms with E-state index in [-0.39, 0.29) is 11.4 Å². The quantitative estimate of drug-likeness (QED) is 0.917. The molecule has 6 heteroatoms. The van der Waals surface area contributed by atoms with Crippen LogP contribution in [-0.4, -0.2) is 19.6 Å². The molecule has 4 nitrogen and oxygen atoms in total. The molecule has 0 aliphatic carbocycles. The molecule has 0 aromatic heterocycles. The molecular weight excluding hydrogens is 280 g/mol. The van der Waals surface area contributed by atoms with Crippen LogP contribution in [0.15, 0.2) is 48.5 Å². The second-order valence-electron chi connectivity index (χ2n) is 4.06. The van der Waals surface area contributed by atoms with E-state index in [4.69, 9.17) is 4.74 Å². The van der Waals surface area contributed by atoms with Crippen molar-refractivity contribution >= 4 is 11.6 Å². The van der Waals surface area contributed by atoms with Gasteiger partial charge in [-0.3, -0.25) is 4.79 Å². The number of halogens is 2. The zero-order chi connectivity index (χ0) is 15.2. The summed E-state index contributed by atoms with van der Waals surface area (Å²) in [4.78, 5) is 12.1. The van der Waals surface area contributed by atoms with E-state index < -0.39 is 12.5 Å². The van der Waals surface area contributed by atoms with Gasteiger partial charge in [0.2, 0.25) is 0 Å². The third-order valence-electron chi connectivity index (χ3n) is 2.68. The predicted molar refractivity (Wildman–Crippen MR) is 74.0 cm³/mol. The number of methoxy groups -OCH3 is 1. The zero-order valence-electron chi connectivity index (χ0n) is 11.2. The highest BCUT2D eigenvalue weighted by Gasteiger charge is 2.13. The van der Waals surface area contributed by atoms with E-state index in [1.807, 2.05) is 0 Å². The number of hydrogen-bond acceptors (Lipinski definition) is 3. The Morgan fingerprint density at radius 3 is 2.62 bits per heavy atom. The van der Waals surface area contributed by atoms with Gasteiger partial charge in [-0.25, -0.2) is 0 Å². The van der Waals surface area contributed by atoms with Crippen molar-refractivity contribution in [3.8, 4) is 11.5 Å². The van der Waals surface area contributed by atoms with Crippen LogP contribution in [0.3, 0.4) is 0 Å². The van der Waals surface area contributed by atoms with Crippen LogP contribution in [0.25, 0.3) is 0 Å². The van der Waals surface area contributed by atoms with Crippen molar-refractivity contribution in [3.63, 3.8) is 0 Å². The van der Waals surface area contributed by atoms with E-state index in [0.29, 0.717) is 11.3 Å². The average molecular weight is 293 g/mol. The van der Waals surface area contributed by atoms with Crippen molar-refractivity contribution in [1.82, 2.24) is 0 Å². The minimum absolute atomic E-state index is 0.0938. The molecule has 0 saturated carbocycles. The molecule has 0 aliphatic rings. The van der Waals surface area contributed by atoms with Gasteiger partial charge in [-0.1, -0.05) is 18.2 Å². The molecule has 21 heavy (non-hydrogen) atoms. The van der Waals surface area contributed by atoms with Crippen molar-refractivity contribution in [2.24, 2.45) is 0 Å². The van der Waals surface area contributed by atoms with E-state index in [2.05, 4.69) is 10.1 Å². The Morgan fingerprint density at radius 2 is 1.90 bits per heavy atom. The molecule has 0 heterocycles. The Kier molecular flexibility index (Phi) is 4.71. The third-order valence-corrected chi connectivity index (χ3v) is 2.68. The Hall–Kier alpha value is -2.63. The highest BCUT2D eigenvalue weighted by atomic mass is 19.3. The second kappa shape index (κ2) is 6.69. The fourth-order valence-corrected chi connectivity index (χ4v) is 1.73. The Bertz CT molecular complexity index is 632. The standard InChI is InChI=1S/C15H13F2NO3/c1-20-11-6-4-5-10(9-11)14(19)18-12-7-2-3-8-13(12)21-15(16)17/h2-9,15H,1H3,(H,18,19). The van der Waals surface area contributed by atoms with Gasteiger partial charge in [-0.15, -0.1) is 0 Å². The maximum atomic E-state index is 12.3. The molecule has 0 bridgehead atoms. The van der Waals surface area contributed by atoms with E-state index in [1.165, 1.54) is 19.2 Å². The molecule has 2 aromatic rings. The molecule has 2 aromatic carbocycles. The van der Waals surface area contributed by atoms with Crippen LogP contribution < -0.4 is 14.8 Å². The van der Waals surface area contributed by atoms with Gasteiger partial charge in [0, 0.05) is 5.56 Å². The Morgan fingerprint density at radius 1 is 1.14 bits per heavy atom. The lowest BCUT2D eigenvalue weighted by molar-refractivity contribution is -0.0493. The molecule has 1 amide bonds. The first-order valence-electron chi connectivity index (χ1n) is 6.09. The molecule has 1 N–H and O–H groups in total. The minimum Gasteiger partial charge on any atom is -0.497 e. The van der Waals surface area contributed by atoms with Crippen molar-refractivity contribution in [2.45, 2.75) is 6.61 Å². The smallest absolute Gasteiger partial charge is 0.387 e. The Labute approximate surface area is 120 Å². The summed E-state index contributed by atoms with van der Waals surface area (Å²) in [6, 6.07) is 12.5. The fourth-order valence-electron chi connectivity index (χ4n) is 1.73. The van der Waals surface area contributed by atoms with Crippen LogP contribution in [0.2, 0.25) is 0 Å². The van der Waals surface area contributed by atoms with Crippen molar-refractivity contribution in [3.05, 3.63) is 54.1 Å². The van der Waals surface area contributed by atoms with Crippen LogP contribution in [0.5, 0.6) is 11.5 Å². The van der Waals surface area contributed by atoms with Crippen LogP contribution in [0.1, 0.15) is 10.4 Å². The van der Waals surface area contributed by atoms with Gasteiger partial charge < -0.3 is 14.8 Å². The summed E-state index contributed by atoms with van der Waals surface area (Å²) < 4.78 is 34.0. The highest BCUT2D eigenvalue weighted by Crippen LogP contribution is 2.26. The first-order valence-corrected chi connectivity index (χ1v) is 6.09. The number of carbonyl (C=O) groups excluding carboxylic acids is 1. The van der Waals surface area contributed by atoms with Crippen LogP contribution in [-0.2, 0) is 0 Å². The summed E-state index contributed by atoms with van der Waals surface area (Å²) >= 11 is 0. The van der Waals surface area contributed by atoms with E-state index >= 15 is 0 Å². The zero-order valence-corrected chi connectivity index (χ0v) is 11.2. The van der Waals surface area contributed by atoms with Crippen molar-refractivity contribution in [2.75, 3.05) is 12.4 Å². The molecule has 2 rings (SSSR count). The topological polar surface area (TPSA) is 47.6 Å². The minimum atomic E-state index is -2.96. The van der Waals surface area contributed by atoms with Crippen molar-refractivity contribution in [1.29, 1.82) is 0 Å². The summed E-state index contributed by atoms with van der Waals surface area (Å²) in [6.45, 7) is -2.96. The number of para-hydroxylation sites is 2. The number of amides is 1. The Balaban J connectivity index is 2.19. The maximum Gasteiger partial charge on any atom is 0.387 e. The lowest BCUT2D eigenvalue weighted by atomic mass is 10.2. The van der Waals surface area contributed by atoms with Crippen LogP contribution in [0.4, 0.5) is 14.5 Å². The molecule has 0 unspecified atom stereocenters. The molecule has 0 saturated heterocycles. The number of hydrogen-bond donors (Lipinski definition) is 1. The molecule has 0 fully saturated rings. The van der Waals surface area contributed by atoms with E-state index in [0.717, 1.165) is 0 Å². The monoisotopic (exact) mass is 293 g/mol. The first-order chi connectivity index (χ1) is 10.1. The van der Waals surface area contributed by atoms with Crippen molar-refractivity contribution < 1.29 is 23.0 Å². The molecule has 0 aliphatic heterocycles. The summed E-state index contributed by atoms with van der Waals surface area (Å²) in [5.74, 6) is -0.0114. The highest BCUT2D eigenvalue weighted by molar-refractivity contribution is 6.05. The first kappa shape index (κ1) is 14.8. The number of ether oxygens (including phenoxy) is 2. The van der Waals surface area contributed by atoms with E-state index in [9.17, 15) is 13.6 Å². The molecule has 0 radical (unpaired) electrons. The number of alkyl halides is 2. The summed E-state index contributed by atoms with van der Waals surface area (Å²) in [7, 11) is 1.49. The second-order valence-corrected chi connectivity index (χ2v) is 4.06. The van der Waals surface area contributed by atoms with E-state index in [1.54, 1.807) is 36.4 Å². The molecule has 110 valence electrons. The number of anilines is 1. The van der Waals surface area contributed by atoms with Gasteiger partial charge in [0.25, 0.3) is 5.91 Å².